The van der Waals surface area contributed by atoms with Crippen molar-refractivity contribution in [3.05, 3.63) is 47.6 Å². The van der Waals surface area contributed by atoms with E-state index in [4.69, 9.17) is 9.31 Å². The largest absolute Gasteiger partial charge is 0.491 e. The monoisotopic (exact) mass is 327 g/mol. The maximum Gasteiger partial charge on any atom is 0.491 e. The van der Waals surface area contributed by atoms with E-state index in [2.05, 4.69) is 57.5 Å². The van der Waals surface area contributed by atoms with Crippen molar-refractivity contribution in [1.29, 1.82) is 0 Å². The van der Waals surface area contributed by atoms with Crippen molar-refractivity contribution < 1.29 is 9.31 Å². The molecule has 1 fully saturated rings. The van der Waals surface area contributed by atoms with Gasteiger partial charge in [0.1, 0.15) is 0 Å². The van der Waals surface area contributed by atoms with E-state index < -0.39 is 0 Å². The fraction of sp³-hybridized carbons (Fsp3) is 0.389. The first-order valence-electron chi connectivity index (χ1n) is 7.85. The van der Waals surface area contributed by atoms with Crippen molar-refractivity contribution in [2.75, 3.05) is 5.75 Å². The summed E-state index contributed by atoms with van der Waals surface area (Å²) in [5, 5.41) is 1.12. The molecule has 0 N–H and O–H groups in total. The van der Waals surface area contributed by atoms with Crippen molar-refractivity contribution >= 4 is 36.7 Å². The Morgan fingerprint density at radius 2 is 1.78 bits per heavy atom. The number of hydrogen-bond acceptors (Lipinski definition) is 4. The van der Waals surface area contributed by atoms with E-state index in [-0.39, 0.29) is 18.3 Å². The van der Waals surface area contributed by atoms with Gasteiger partial charge in [-0.2, -0.15) is 12.6 Å². The van der Waals surface area contributed by atoms with Crippen LogP contribution in [0.4, 0.5) is 0 Å². The third-order valence-corrected chi connectivity index (χ3v) is 5.13. The molecule has 5 heteroatoms. The second-order valence-electron chi connectivity index (χ2n) is 6.88. The van der Waals surface area contributed by atoms with E-state index in [1.807, 2.05) is 30.5 Å². The quantitative estimate of drug-likeness (QED) is 0.678. The first-order valence-corrected chi connectivity index (χ1v) is 8.48. The van der Waals surface area contributed by atoms with Crippen LogP contribution in [0.15, 0.2) is 42.0 Å². The number of aromatic nitrogens is 1. The van der Waals surface area contributed by atoms with Gasteiger partial charge in [0, 0.05) is 17.3 Å². The van der Waals surface area contributed by atoms with E-state index in [0.29, 0.717) is 5.75 Å². The Bertz CT molecular complexity index is 736. The Labute approximate surface area is 143 Å². The summed E-state index contributed by atoms with van der Waals surface area (Å²) >= 11 is 4.48. The van der Waals surface area contributed by atoms with E-state index in [9.17, 15) is 0 Å². The smallest absolute Gasteiger partial charge is 0.400 e. The number of para-hydroxylation sites is 1. The zero-order valence-corrected chi connectivity index (χ0v) is 14.9. The first kappa shape index (κ1) is 16.6. The lowest BCUT2D eigenvalue weighted by Crippen LogP contribution is -2.41. The molecule has 1 aromatic heterocycles. The van der Waals surface area contributed by atoms with Crippen LogP contribution >= 0.6 is 12.6 Å². The lowest BCUT2D eigenvalue weighted by molar-refractivity contribution is 0.00578. The molecule has 1 aliphatic heterocycles. The van der Waals surface area contributed by atoms with Crippen LogP contribution in [0.1, 0.15) is 33.3 Å². The normalized spacial score (nSPS) is 20.2. The van der Waals surface area contributed by atoms with E-state index in [1.54, 1.807) is 0 Å². The summed E-state index contributed by atoms with van der Waals surface area (Å²) in [6, 6.07) is 10.1. The Morgan fingerprint density at radius 3 is 2.43 bits per heavy atom. The molecule has 0 aliphatic carbocycles. The lowest BCUT2D eigenvalue weighted by Gasteiger charge is -2.32. The second kappa shape index (κ2) is 5.97. The van der Waals surface area contributed by atoms with Gasteiger partial charge in [0.2, 0.25) is 0 Å². The minimum atomic E-state index is -0.371. The Kier molecular flexibility index (Phi) is 4.30. The number of fused-ring (bicyclic) bond motifs is 1. The summed E-state index contributed by atoms with van der Waals surface area (Å²) in [5.41, 5.74) is 2.41. The highest BCUT2D eigenvalue weighted by Crippen LogP contribution is 2.39. The molecule has 0 amide bonds. The standard InChI is InChI=1S/C18H22BNO2S/c1-17(2)18(3,4)22-19(21-17)14(12-23)11-13-9-10-20-16-8-6-5-7-15(13)16/h5-11,23H,12H2,1-4H3. The molecule has 0 spiro atoms. The fourth-order valence-corrected chi connectivity index (χ4v) is 2.87. The van der Waals surface area contributed by atoms with E-state index >= 15 is 0 Å². The van der Waals surface area contributed by atoms with E-state index in [0.717, 1.165) is 21.9 Å². The Morgan fingerprint density at radius 1 is 1.13 bits per heavy atom. The van der Waals surface area contributed by atoms with Crippen LogP contribution in [0.3, 0.4) is 0 Å². The zero-order valence-electron chi connectivity index (χ0n) is 14.0. The third-order valence-electron chi connectivity index (χ3n) is 4.76. The summed E-state index contributed by atoms with van der Waals surface area (Å²) in [6.07, 6.45) is 3.94. The SMILES string of the molecule is CC1(C)OB(C(=Cc2ccnc3ccccc23)CS)OC1(C)C. The molecule has 0 radical (unpaired) electrons. The summed E-state index contributed by atoms with van der Waals surface area (Å²) < 4.78 is 12.3. The van der Waals surface area contributed by atoms with Crippen LogP contribution in [0, 0.1) is 0 Å². The van der Waals surface area contributed by atoms with Gasteiger partial charge in [-0.05, 0) is 50.9 Å². The molecule has 2 heterocycles. The molecule has 2 aromatic rings. The molecule has 0 atom stereocenters. The minimum Gasteiger partial charge on any atom is -0.400 e. The van der Waals surface area contributed by atoms with Gasteiger partial charge < -0.3 is 9.31 Å². The molecule has 0 saturated carbocycles. The maximum absolute atomic E-state index is 6.15. The van der Waals surface area contributed by atoms with Gasteiger partial charge in [-0.25, -0.2) is 0 Å². The van der Waals surface area contributed by atoms with Crippen molar-refractivity contribution in [2.45, 2.75) is 38.9 Å². The summed E-state index contributed by atoms with van der Waals surface area (Å²) in [7, 11) is -0.371. The number of hydrogen-bond donors (Lipinski definition) is 1. The predicted octanol–water partition coefficient (Wildman–Crippen LogP) is 4.18. The van der Waals surface area contributed by atoms with Gasteiger partial charge >= 0.3 is 7.12 Å². The number of thiol groups is 1. The minimum absolute atomic E-state index is 0.347. The number of benzene rings is 1. The highest BCUT2D eigenvalue weighted by molar-refractivity contribution is 7.80. The molecule has 120 valence electrons. The number of nitrogens with zero attached hydrogens (tertiary/aromatic N) is 1. The predicted molar refractivity (Wildman–Crippen MR) is 99.7 cm³/mol. The van der Waals surface area contributed by atoms with Gasteiger partial charge in [-0.3, -0.25) is 4.98 Å². The fourth-order valence-electron chi connectivity index (χ4n) is 2.63. The van der Waals surface area contributed by atoms with E-state index in [1.165, 1.54) is 0 Å². The molecule has 1 saturated heterocycles. The molecular weight excluding hydrogens is 305 g/mol. The Hall–Kier alpha value is -1.30. The van der Waals surface area contributed by atoms with Gasteiger partial charge in [0.25, 0.3) is 0 Å². The molecule has 1 aliphatic rings. The number of rotatable bonds is 3. The van der Waals surface area contributed by atoms with Crippen molar-refractivity contribution in [1.82, 2.24) is 4.98 Å². The van der Waals surface area contributed by atoms with Crippen LogP contribution < -0.4 is 0 Å². The van der Waals surface area contributed by atoms with Crippen molar-refractivity contribution in [3.63, 3.8) is 0 Å². The topological polar surface area (TPSA) is 31.4 Å². The van der Waals surface area contributed by atoms with Gasteiger partial charge in [-0.15, -0.1) is 0 Å². The van der Waals surface area contributed by atoms with Crippen molar-refractivity contribution in [2.24, 2.45) is 0 Å². The molecule has 3 rings (SSSR count). The molecule has 23 heavy (non-hydrogen) atoms. The molecule has 3 nitrogen and oxygen atoms in total. The highest BCUT2D eigenvalue weighted by Gasteiger charge is 2.52. The highest BCUT2D eigenvalue weighted by atomic mass is 32.1. The molecular formula is C18H22BNO2S. The van der Waals surface area contributed by atoms with Gasteiger partial charge in [0.05, 0.1) is 16.7 Å². The summed E-state index contributed by atoms with van der Waals surface area (Å²) in [5.74, 6) is 0.577. The van der Waals surface area contributed by atoms with Crippen LogP contribution in [0.2, 0.25) is 0 Å². The average Bonchev–Trinajstić information content (AvgIpc) is 2.73. The maximum atomic E-state index is 6.15. The Balaban J connectivity index is 1.99. The average molecular weight is 327 g/mol. The second-order valence-corrected chi connectivity index (χ2v) is 7.20. The zero-order chi connectivity index (χ0) is 16.7. The lowest BCUT2D eigenvalue weighted by atomic mass is 9.78. The van der Waals surface area contributed by atoms with Gasteiger partial charge in [0.15, 0.2) is 0 Å². The first-order chi connectivity index (χ1) is 10.8. The van der Waals surface area contributed by atoms with Gasteiger partial charge in [-0.1, -0.05) is 24.3 Å². The van der Waals surface area contributed by atoms with Crippen LogP contribution in [0.25, 0.3) is 17.0 Å². The van der Waals surface area contributed by atoms with Crippen molar-refractivity contribution in [3.8, 4) is 0 Å². The molecule has 1 aromatic carbocycles. The molecule has 0 bridgehead atoms. The summed E-state index contributed by atoms with van der Waals surface area (Å²) in [6.45, 7) is 8.24. The third kappa shape index (κ3) is 3.05. The number of pyridine rings is 1. The van der Waals surface area contributed by atoms with Crippen LogP contribution in [-0.4, -0.2) is 29.1 Å². The van der Waals surface area contributed by atoms with Crippen LogP contribution in [-0.2, 0) is 9.31 Å². The summed E-state index contributed by atoms with van der Waals surface area (Å²) in [4.78, 5) is 4.41. The van der Waals surface area contributed by atoms with Crippen LogP contribution in [0.5, 0.6) is 0 Å². The molecule has 0 unspecified atom stereocenters.